The Hall–Kier alpha value is -1.55. The zero-order valence-electron chi connectivity index (χ0n) is 16.8. The fraction of sp³-hybridized carbons (Fsp3) is 0.417. The zero-order valence-corrected chi connectivity index (χ0v) is 17.6. The quantitative estimate of drug-likeness (QED) is 0.367. The summed E-state index contributed by atoms with van der Waals surface area (Å²) in [5.41, 5.74) is 3.92. The van der Waals surface area contributed by atoms with Crippen molar-refractivity contribution >= 4 is 16.7 Å². The van der Waals surface area contributed by atoms with E-state index in [0.29, 0.717) is 12.6 Å². The molecule has 0 bridgehead atoms. The van der Waals surface area contributed by atoms with Gasteiger partial charge in [-0.25, -0.2) is 0 Å². The molecule has 0 saturated carbocycles. The van der Waals surface area contributed by atoms with Gasteiger partial charge in [-0.05, 0) is 62.1 Å². The molecular formula is C24H33NOS. The first kappa shape index (κ1) is 21.7. The van der Waals surface area contributed by atoms with Crippen LogP contribution < -0.4 is 5.32 Å². The van der Waals surface area contributed by atoms with Crippen molar-refractivity contribution < 1.29 is 4.74 Å². The number of ether oxygens (including phenoxy) is 1. The summed E-state index contributed by atoms with van der Waals surface area (Å²) in [4.78, 5) is 2.12. The van der Waals surface area contributed by atoms with Crippen LogP contribution in [0.1, 0.15) is 44.2 Å². The minimum absolute atomic E-state index is 0.553. The average molecular weight is 384 g/mol. The highest BCUT2D eigenvalue weighted by molar-refractivity contribution is 8.11. The van der Waals surface area contributed by atoms with Crippen molar-refractivity contribution in [3.63, 3.8) is 0 Å². The second kappa shape index (κ2) is 12.0. The Morgan fingerprint density at radius 1 is 1.26 bits per heavy atom. The fourth-order valence-corrected chi connectivity index (χ4v) is 3.79. The number of allylic oxidation sites excluding steroid dienone is 4. The number of benzene rings is 1. The van der Waals surface area contributed by atoms with Gasteiger partial charge in [-0.3, -0.25) is 0 Å². The van der Waals surface area contributed by atoms with Gasteiger partial charge in [0, 0.05) is 10.9 Å². The van der Waals surface area contributed by atoms with Crippen LogP contribution in [0.25, 0.3) is 4.91 Å². The minimum Gasteiger partial charge on any atom is -0.376 e. The standard InChI is InChI=1S/C24H33NOS/c1-5-21(9-6-7-16-26-18-24-10-8-15-25-24)17-22-11-13-23(14-12-22)20(4)27-19(2)3/h5-7,11-14,24-25H,2,4,8-10,15-18H2,1,3H3/b7-6-,21-5+/t24-/m1/s1. The summed E-state index contributed by atoms with van der Waals surface area (Å²) in [6.45, 7) is 14.8. The number of thioether (sulfide) groups is 1. The molecule has 0 unspecified atom stereocenters. The van der Waals surface area contributed by atoms with Crippen LogP contribution in [0.15, 0.2) is 66.1 Å². The zero-order chi connectivity index (χ0) is 19.5. The Balaban J connectivity index is 1.73. The lowest BCUT2D eigenvalue weighted by atomic mass is 10.0. The van der Waals surface area contributed by atoms with E-state index in [1.54, 1.807) is 11.8 Å². The highest BCUT2D eigenvalue weighted by Crippen LogP contribution is 2.30. The Morgan fingerprint density at radius 2 is 2.04 bits per heavy atom. The molecule has 2 rings (SSSR count). The molecule has 1 aromatic carbocycles. The van der Waals surface area contributed by atoms with Gasteiger partial charge in [0.05, 0.1) is 13.2 Å². The number of hydrogen-bond donors (Lipinski definition) is 1. The monoisotopic (exact) mass is 383 g/mol. The molecule has 0 spiro atoms. The van der Waals surface area contributed by atoms with Gasteiger partial charge in [-0.1, -0.05) is 73.0 Å². The summed E-state index contributed by atoms with van der Waals surface area (Å²) in [5, 5.41) is 3.45. The summed E-state index contributed by atoms with van der Waals surface area (Å²) in [5.74, 6) is 0. The summed E-state index contributed by atoms with van der Waals surface area (Å²) < 4.78 is 5.73. The molecule has 27 heavy (non-hydrogen) atoms. The summed E-state index contributed by atoms with van der Waals surface area (Å²) in [7, 11) is 0. The first-order valence-corrected chi connectivity index (χ1v) is 10.6. The number of nitrogens with one attached hydrogen (secondary N) is 1. The third-order valence-electron chi connectivity index (χ3n) is 4.65. The van der Waals surface area contributed by atoms with Gasteiger partial charge in [0.25, 0.3) is 0 Å². The van der Waals surface area contributed by atoms with Crippen LogP contribution in [0, 0.1) is 0 Å². The van der Waals surface area contributed by atoms with E-state index in [0.717, 1.165) is 35.8 Å². The first-order chi connectivity index (χ1) is 13.1. The van der Waals surface area contributed by atoms with Crippen molar-refractivity contribution in [3.05, 3.63) is 77.3 Å². The van der Waals surface area contributed by atoms with Crippen molar-refractivity contribution in [2.45, 2.75) is 45.6 Å². The van der Waals surface area contributed by atoms with Crippen molar-refractivity contribution in [2.24, 2.45) is 0 Å². The predicted octanol–water partition coefficient (Wildman–Crippen LogP) is 6.13. The topological polar surface area (TPSA) is 21.3 Å². The largest absolute Gasteiger partial charge is 0.376 e. The van der Waals surface area contributed by atoms with E-state index < -0.39 is 0 Å². The SMILES string of the molecule is C=C(C)SC(=C)c1ccc(C/C(=C/C)C/C=C\COC[C@H]2CCCN2)cc1. The molecule has 1 N–H and O–H groups in total. The highest BCUT2D eigenvalue weighted by Gasteiger charge is 2.12. The van der Waals surface area contributed by atoms with E-state index >= 15 is 0 Å². The van der Waals surface area contributed by atoms with E-state index in [9.17, 15) is 0 Å². The Labute approximate surface area is 169 Å². The normalized spacial score (nSPS) is 17.6. The van der Waals surface area contributed by atoms with Crippen LogP contribution in [-0.2, 0) is 11.2 Å². The van der Waals surface area contributed by atoms with Crippen LogP contribution in [-0.4, -0.2) is 25.8 Å². The van der Waals surface area contributed by atoms with Gasteiger partial charge >= 0.3 is 0 Å². The summed E-state index contributed by atoms with van der Waals surface area (Å²) >= 11 is 1.63. The van der Waals surface area contributed by atoms with Gasteiger partial charge < -0.3 is 10.1 Å². The molecule has 1 aliphatic heterocycles. The smallest absolute Gasteiger partial charge is 0.0648 e. The van der Waals surface area contributed by atoms with E-state index in [1.807, 2.05) is 6.92 Å². The molecule has 1 heterocycles. The fourth-order valence-electron chi connectivity index (χ4n) is 3.11. The molecule has 1 aliphatic rings. The summed E-state index contributed by atoms with van der Waals surface area (Å²) in [6, 6.07) is 9.26. The lowest BCUT2D eigenvalue weighted by Crippen LogP contribution is -2.26. The van der Waals surface area contributed by atoms with E-state index in [2.05, 4.69) is 67.9 Å². The van der Waals surface area contributed by atoms with Gasteiger partial charge in [0.1, 0.15) is 0 Å². The van der Waals surface area contributed by atoms with E-state index in [4.69, 9.17) is 4.74 Å². The average Bonchev–Trinajstić information content (AvgIpc) is 3.17. The molecule has 0 aromatic heterocycles. The van der Waals surface area contributed by atoms with Crippen molar-refractivity contribution in [1.82, 2.24) is 5.32 Å². The third kappa shape index (κ3) is 8.34. The molecular weight excluding hydrogens is 350 g/mol. The molecule has 3 heteroatoms. The molecule has 146 valence electrons. The molecule has 1 fully saturated rings. The molecule has 1 aromatic rings. The van der Waals surface area contributed by atoms with Crippen molar-refractivity contribution in [1.29, 1.82) is 0 Å². The van der Waals surface area contributed by atoms with Gasteiger partial charge in [-0.15, -0.1) is 0 Å². The molecule has 1 saturated heterocycles. The maximum absolute atomic E-state index is 5.73. The second-order valence-corrected chi connectivity index (χ2v) is 8.45. The van der Waals surface area contributed by atoms with E-state index in [-0.39, 0.29) is 0 Å². The lowest BCUT2D eigenvalue weighted by Gasteiger charge is -2.09. The van der Waals surface area contributed by atoms with Gasteiger partial charge in [-0.2, -0.15) is 0 Å². The maximum Gasteiger partial charge on any atom is 0.0648 e. The van der Waals surface area contributed by atoms with Gasteiger partial charge in [0.2, 0.25) is 0 Å². The Bertz CT molecular complexity index is 666. The molecule has 2 nitrogen and oxygen atoms in total. The molecule has 0 radical (unpaired) electrons. The van der Waals surface area contributed by atoms with Gasteiger partial charge in [0.15, 0.2) is 0 Å². The summed E-state index contributed by atoms with van der Waals surface area (Å²) in [6.07, 6.45) is 11.0. The minimum atomic E-state index is 0.553. The van der Waals surface area contributed by atoms with Crippen LogP contribution in [0.4, 0.5) is 0 Å². The number of hydrogen-bond acceptors (Lipinski definition) is 3. The van der Waals surface area contributed by atoms with Crippen molar-refractivity contribution in [2.75, 3.05) is 19.8 Å². The maximum atomic E-state index is 5.73. The van der Waals surface area contributed by atoms with E-state index in [1.165, 1.54) is 29.5 Å². The van der Waals surface area contributed by atoms with Crippen LogP contribution in [0.5, 0.6) is 0 Å². The highest BCUT2D eigenvalue weighted by atomic mass is 32.2. The van der Waals surface area contributed by atoms with Crippen LogP contribution in [0.2, 0.25) is 0 Å². The molecule has 0 aliphatic carbocycles. The molecule has 0 amide bonds. The predicted molar refractivity (Wildman–Crippen MR) is 121 cm³/mol. The Morgan fingerprint density at radius 3 is 2.67 bits per heavy atom. The lowest BCUT2D eigenvalue weighted by molar-refractivity contribution is 0.141. The first-order valence-electron chi connectivity index (χ1n) is 9.80. The van der Waals surface area contributed by atoms with Crippen molar-refractivity contribution in [3.8, 4) is 0 Å². The third-order valence-corrected chi connectivity index (χ3v) is 5.49. The second-order valence-electron chi connectivity index (χ2n) is 7.05. The number of rotatable bonds is 11. The van der Waals surface area contributed by atoms with Crippen LogP contribution >= 0.6 is 11.8 Å². The van der Waals surface area contributed by atoms with Crippen LogP contribution in [0.3, 0.4) is 0 Å². The Kier molecular flexibility index (Phi) is 9.68. The molecule has 1 atom stereocenters.